The van der Waals surface area contributed by atoms with Gasteiger partial charge < -0.3 is 14.6 Å². The van der Waals surface area contributed by atoms with E-state index in [0.717, 1.165) is 16.9 Å². The number of carboxylic acid groups (broad SMARTS) is 1. The summed E-state index contributed by atoms with van der Waals surface area (Å²) in [6.07, 6.45) is 1.20. The fourth-order valence-electron chi connectivity index (χ4n) is 2.92. The molecule has 0 bridgehead atoms. The quantitative estimate of drug-likeness (QED) is 0.578. The van der Waals surface area contributed by atoms with Crippen molar-refractivity contribution < 1.29 is 19.4 Å². The molecule has 1 atom stereocenters. The van der Waals surface area contributed by atoms with Crippen molar-refractivity contribution in [1.29, 1.82) is 0 Å². The number of methoxy groups -OCH3 is 1. The number of thiophene rings is 1. The second-order valence-corrected chi connectivity index (χ2v) is 7.16. The first-order valence-electron chi connectivity index (χ1n) is 8.77. The fourth-order valence-corrected chi connectivity index (χ4v) is 3.74. The van der Waals surface area contributed by atoms with Gasteiger partial charge in [0.1, 0.15) is 0 Å². The van der Waals surface area contributed by atoms with Crippen LogP contribution >= 0.6 is 11.3 Å². The molecule has 4 nitrogen and oxygen atoms in total. The Morgan fingerprint density at radius 2 is 1.85 bits per heavy atom. The first-order chi connectivity index (χ1) is 13.2. The average molecular weight is 382 g/mol. The molecule has 0 aliphatic carbocycles. The lowest BCUT2D eigenvalue weighted by atomic mass is 9.97. The highest BCUT2D eigenvalue weighted by Crippen LogP contribution is 2.32. The topological polar surface area (TPSA) is 55.8 Å². The van der Waals surface area contributed by atoms with Gasteiger partial charge in [0, 0.05) is 11.3 Å². The zero-order valence-electron chi connectivity index (χ0n) is 15.1. The Morgan fingerprint density at radius 1 is 1.04 bits per heavy atom. The first kappa shape index (κ1) is 19.0. The summed E-state index contributed by atoms with van der Waals surface area (Å²) in [6, 6.07) is 19.5. The van der Waals surface area contributed by atoms with Crippen LogP contribution in [0.25, 0.3) is 0 Å². The van der Waals surface area contributed by atoms with Crippen molar-refractivity contribution in [2.75, 3.05) is 13.7 Å². The number of ether oxygens (including phenoxy) is 2. The third-order valence-corrected chi connectivity index (χ3v) is 5.33. The summed E-state index contributed by atoms with van der Waals surface area (Å²) < 4.78 is 11.3. The number of benzene rings is 2. The van der Waals surface area contributed by atoms with Crippen molar-refractivity contribution in [3.05, 3.63) is 82.0 Å². The maximum atomic E-state index is 11.7. The Bertz CT molecular complexity index is 859. The summed E-state index contributed by atoms with van der Waals surface area (Å²) in [7, 11) is 1.60. The van der Waals surface area contributed by atoms with Crippen LogP contribution in [0.4, 0.5) is 0 Å². The number of carbonyl (C=O) groups is 1. The lowest BCUT2D eigenvalue weighted by Crippen LogP contribution is -2.13. The second-order valence-electron chi connectivity index (χ2n) is 6.18. The molecule has 0 aliphatic heterocycles. The van der Waals surface area contributed by atoms with Crippen molar-refractivity contribution in [2.45, 2.75) is 18.8 Å². The molecule has 0 fully saturated rings. The standard InChI is InChI=1S/C22H22O4S/c1-25-19-10-9-17(14-18(22(23)24)21-8-5-13-27-21)15-20(19)26-12-11-16-6-3-2-4-7-16/h2-10,13,15,18H,11-12,14H2,1H3,(H,23,24). The van der Waals surface area contributed by atoms with Gasteiger partial charge in [-0.1, -0.05) is 42.5 Å². The smallest absolute Gasteiger partial charge is 0.312 e. The van der Waals surface area contributed by atoms with E-state index in [2.05, 4.69) is 12.1 Å². The van der Waals surface area contributed by atoms with Crippen LogP contribution < -0.4 is 9.47 Å². The Hall–Kier alpha value is -2.79. The van der Waals surface area contributed by atoms with Crippen LogP contribution in [-0.4, -0.2) is 24.8 Å². The van der Waals surface area contributed by atoms with Gasteiger partial charge in [0.15, 0.2) is 11.5 Å². The molecule has 0 amide bonds. The van der Waals surface area contributed by atoms with E-state index in [1.807, 2.05) is 53.9 Å². The molecular weight excluding hydrogens is 360 g/mol. The van der Waals surface area contributed by atoms with Crippen LogP contribution in [-0.2, 0) is 17.6 Å². The normalized spacial score (nSPS) is 11.7. The molecule has 0 spiro atoms. The summed E-state index contributed by atoms with van der Waals surface area (Å²) >= 11 is 1.47. The van der Waals surface area contributed by atoms with Gasteiger partial charge in [0.2, 0.25) is 0 Å². The van der Waals surface area contributed by atoms with Gasteiger partial charge in [0.05, 0.1) is 19.6 Å². The largest absolute Gasteiger partial charge is 0.493 e. The summed E-state index contributed by atoms with van der Waals surface area (Å²) in [4.78, 5) is 12.5. The Morgan fingerprint density at radius 3 is 2.52 bits per heavy atom. The summed E-state index contributed by atoms with van der Waals surface area (Å²) in [5, 5.41) is 11.5. The molecule has 1 aromatic heterocycles. The molecule has 0 saturated heterocycles. The van der Waals surface area contributed by atoms with Crippen LogP contribution in [0, 0.1) is 0 Å². The molecule has 3 rings (SSSR count). The minimum absolute atomic E-state index is 0.412. The molecule has 1 unspecified atom stereocenters. The maximum Gasteiger partial charge on any atom is 0.312 e. The van der Waals surface area contributed by atoms with Crippen LogP contribution in [0.2, 0.25) is 0 Å². The molecule has 1 N–H and O–H groups in total. The van der Waals surface area contributed by atoms with E-state index in [1.165, 1.54) is 16.9 Å². The number of hydrogen-bond donors (Lipinski definition) is 1. The van der Waals surface area contributed by atoms with Crippen LogP contribution in [0.5, 0.6) is 11.5 Å². The van der Waals surface area contributed by atoms with Crippen molar-refractivity contribution in [2.24, 2.45) is 0 Å². The van der Waals surface area contributed by atoms with E-state index in [-0.39, 0.29) is 0 Å². The monoisotopic (exact) mass is 382 g/mol. The minimum Gasteiger partial charge on any atom is -0.493 e. The predicted octanol–water partition coefficient (Wildman–Crippen LogP) is 4.79. The zero-order chi connectivity index (χ0) is 19.1. The highest BCUT2D eigenvalue weighted by Gasteiger charge is 2.22. The number of carboxylic acids is 1. The number of rotatable bonds is 9. The summed E-state index contributed by atoms with van der Waals surface area (Å²) in [5.41, 5.74) is 2.11. The van der Waals surface area contributed by atoms with Crippen molar-refractivity contribution >= 4 is 17.3 Å². The SMILES string of the molecule is COc1ccc(CC(C(=O)O)c2cccs2)cc1OCCc1ccccc1. The summed E-state index contributed by atoms with van der Waals surface area (Å²) in [5.74, 6) is -0.0913. The van der Waals surface area contributed by atoms with Gasteiger partial charge in [-0.15, -0.1) is 11.3 Å². The lowest BCUT2D eigenvalue weighted by Gasteiger charge is -2.15. The van der Waals surface area contributed by atoms with E-state index in [1.54, 1.807) is 7.11 Å². The van der Waals surface area contributed by atoms with Crippen LogP contribution in [0.3, 0.4) is 0 Å². The number of hydrogen-bond acceptors (Lipinski definition) is 4. The van der Waals surface area contributed by atoms with Gasteiger partial charge in [0.25, 0.3) is 0 Å². The molecule has 5 heteroatoms. The molecule has 2 aromatic carbocycles. The van der Waals surface area contributed by atoms with E-state index < -0.39 is 11.9 Å². The Kier molecular flexibility index (Phi) is 6.49. The zero-order valence-corrected chi connectivity index (χ0v) is 15.9. The van der Waals surface area contributed by atoms with Gasteiger partial charge >= 0.3 is 5.97 Å². The van der Waals surface area contributed by atoms with Gasteiger partial charge in [-0.3, -0.25) is 4.79 Å². The third kappa shape index (κ3) is 5.11. The Balaban J connectivity index is 1.71. The fraction of sp³-hybridized carbons (Fsp3) is 0.227. The lowest BCUT2D eigenvalue weighted by molar-refractivity contribution is -0.138. The van der Waals surface area contributed by atoms with Gasteiger partial charge in [-0.05, 0) is 41.1 Å². The molecule has 0 saturated carbocycles. The van der Waals surface area contributed by atoms with Crippen molar-refractivity contribution in [3.8, 4) is 11.5 Å². The molecule has 0 radical (unpaired) electrons. The first-order valence-corrected chi connectivity index (χ1v) is 9.65. The molecule has 0 aliphatic rings. The van der Waals surface area contributed by atoms with E-state index in [0.29, 0.717) is 24.5 Å². The maximum absolute atomic E-state index is 11.7. The van der Waals surface area contributed by atoms with E-state index in [9.17, 15) is 9.90 Å². The number of aliphatic carboxylic acids is 1. The predicted molar refractivity (Wildman–Crippen MR) is 107 cm³/mol. The molecule has 1 heterocycles. The highest BCUT2D eigenvalue weighted by molar-refractivity contribution is 7.10. The Labute approximate surface area is 163 Å². The van der Waals surface area contributed by atoms with Crippen molar-refractivity contribution in [3.63, 3.8) is 0 Å². The van der Waals surface area contributed by atoms with Gasteiger partial charge in [-0.25, -0.2) is 0 Å². The third-order valence-electron chi connectivity index (χ3n) is 4.34. The molecular formula is C22H22O4S. The van der Waals surface area contributed by atoms with Gasteiger partial charge in [-0.2, -0.15) is 0 Å². The minimum atomic E-state index is -0.820. The second kappa shape index (κ2) is 9.24. The van der Waals surface area contributed by atoms with E-state index >= 15 is 0 Å². The molecule has 3 aromatic rings. The van der Waals surface area contributed by atoms with E-state index in [4.69, 9.17) is 9.47 Å². The highest BCUT2D eigenvalue weighted by atomic mass is 32.1. The summed E-state index contributed by atoms with van der Waals surface area (Å²) in [6.45, 7) is 0.525. The molecule has 140 valence electrons. The van der Waals surface area contributed by atoms with Crippen LogP contribution in [0.15, 0.2) is 66.0 Å². The van der Waals surface area contributed by atoms with Crippen molar-refractivity contribution in [1.82, 2.24) is 0 Å². The average Bonchev–Trinajstić information content (AvgIpc) is 3.21. The van der Waals surface area contributed by atoms with Crippen LogP contribution in [0.1, 0.15) is 21.9 Å². The molecule has 27 heavy (non-hydrogen) atoms.